The Morgan fingerprint density at radius 2 is 2.00 bits per heavy atom. The normalized spacial score (nSPS) is 11.9. The van der Waals surface area contributed by atoms with Crippen LogP contribution in [0.25, 0.3) is 0 Å². The summed E-state index contributed by atoms with van der Waals surface area (Å²) in [6, 6.07) is 10.2. The Kier molecular flexibility index (Phi) is 6.16. The second kappa shape index (κ2) is 7.44. The minimum Gasteiger partial charge on any atom is -0.395 e. The molecule has 0 bridgehead atoms. The molecule has 0 saturated heterocycles. The molecule has 88 valence electrons. The van der Waals surface area contributed by atoms with Crippen LogP contribution in [0.15, 0.2) is 35.5 Å². The van der Waals surface area contributed by atoms with E-state index in [-0.39, 0.29) is 0 Å². The van der Waals surface area contributed by atoms with E-state index >= 15 is 0 Å². The molecular weight excluding hydrogens is 266 g/mol. The zero-order chi connectivity index (χ0) is 11.8. The Bertz CT molecular complexity index is 322. The maximum atomic E-state index is 5.24. The molecular formula is C13H18BrNO. The molecule has 16 heavy (non-hydrogen) atoms. The van der Waals surface area contributed by atoms with Gasteiger partial charge in [-0.15, -0.1) is 0 Å². The van der Waals surface area contributed by atoms with E-state index < -0.39 is 0 Å². The summed E-state index contributed by atoms with van der Waals surface area (Å²) in [5.41, 5.74) is 2.17. The van der Waals surface area contributed by atoms with E-state index in [1.165, 1.54) is 0 Å². The highest BCUT2D eigenvalue weighted by molar-refractivity contribution is 9.09. The highest BCUT2D eigenvalue weighted by Gasteiger charge is 2.06. The van der Waals surface area contributed by atoms with Crippen LogP contribution in [-0.2, 0) is 4.84 Å². The van der Waals surface area contributed by atoms with E-state index in [0.29, 0.717) is 12.5 Å². The zero-order valence-corrected chi connectivity index (χ0v) is 11.4. The van der Waals surface area contributed by atoms with Crippen LogP contribution in [0, 0.1) is 5.92 Å². The fourth-order valence-electron chi connectivity index (χ4n) is 1.38. The summed E-state index contributed by atoms with van der Waals surface area (Å²) in [4.78, 5) is 5.24. The van der Waals surface area contributed by atoms with Gasteiger partial charge in [-0.3, -0.25) is 0 Å². The average Bonchev–Trinajstić information content (AvgIpc) is 2.29. The highest BCUT2D eigenvalue weighted by atomic mass is 79.9. The summed E-state index contributed by atoms with van der Waals surface area (Å²) >= 11 is 3.31. The molecule has 0 saturated carbocycles. The third kappa shape index (κ3) is 4.79. The summed E-state index contributed by atoms with van der Waals surface area (Å²) in [5.74, 6) is 0.575. The van der Waals surface area contributed by atoms with Gasteiger partial charge in [-0.25, -0.2) is 0 Å². The van der Waals surface area contributed by atoms with E-state index in [0.717, 1.165) is 23.0 Å². The van der Waals surface area contributed by atoms with Crippen LogP contribution in [0.1, 0.15) is 25.8 Å². The van der Waals surface area contributed by atoms with E-state index in [9.17, 15) is 0 Å². The van der Waals surface area contributed by atoms with Crippen LogP contribution in [0.5, 0.6) is 0 Å². The summed E-state index contributed by atoms with van der Waals surface area (Å²) in [7, 11) is 0. The van der Waals surface area contributed by atoms with E-state index in [1.807, 2.05) is 18.2 Å². The standard InChI is InChI=1S/C13H18BrNO/c1-11(2)10-13(15-16-9-8-14)12-6-4-3-5-7-12/h3-7,11H,8-10H2,1-2H3. The first-order valence-electron chi connectivity index (χ1n) is 5.54. The molecule has 0 aliphatic carbocycles. The largest absolute Gasteiger partial charge is 0.395 e. The molecule has 0 aliphatic heterocycles. The topological polar surface area (TPSA) is 21.6 Å². The predicted molar refractivity (Wildman–Crippen MR) is 72.2 cm³/mol. The van der Waals surface area contributed by atoms with Crippen molar-refractivity contribution >= 4 is 21.6 Å². The number of benzene rings is 1. The van der Waals surface area contributed by atoms with Gasteiger partial charge in [0.05, 0.1) is 5.71 Å². The zero-order valence-electron chi connectivity index (χ0n) is 9.82. The second-order valence-corrected chi connectivity index (χ2v) is 4.82. The summed E-state index contributed by atoms with van der Waals surface area (Å²) < 4.78 is 0. The number of hydrogen-bond donors (Lipinski definition) is 0. The first-order valence-corrected chi connectivity index (χ1v) is 6.66. The fourth-order valence-corrected chi connectivity index (χ4v) is 1.53. The smallest absolute Gasteiger partial charge is 0.126 e. The molecule has 0 amide bonds. The van der Waals surface area contributed by atoms with Crippen LogP contribution < -0.4 is 0 Å². The SMILES string of the molecule is CC(C)CC(=NOCCBr)c1ccccc1. The molecule has 1 aromatic carbocycles. The molecule has 0 aliphatic rings. The fraction of sp³-hybridized carbons (Fsp3) is 0.462. The third-order valence-electron chi connectivity index (χ3n) is 2.05. The van der Waals surface area contributed by atoms with E-state index in [4.69, 9.17) is 4.84 Å². The Balaban J connectivity index is 2.75. The van der Waals surface area contributed by atoms with Gasteiger partial charge in [0.15, 0.2) is 0 Å². The number of hydrogen-bond acceptors (Lipinski definition) is 2. The molecule has 0 unspecified atom stereocenters. The number of nitrogens with zero attached hydrogens (tertiary/aromatic N) is 1. The Morgan fingerprint density at radius 1 is 1.31 bits per heavy atom. The molecule has 0 aromatic heterocycles. The van der Waals surface area contributed by atoms with Gasteiger partial charge in [0.25, 0.3) is 0 Å². The minimum atomic E-state index is 0.575. The third-order valence-corrected chi connectivity index (χ3v) is 2.38. The Hall–Kier alpha value is -0.830. The molecule has 0 atom stereocenters. The van der Waals surface area contributed by atoms with Gasteiger partial charge in [-0.2, -0.15) is 0 Å². The molecule has 0 spiro atoms. The lowest BCUT2D eigenvalue weighted by Gasteiger charge is -2.08. The van der Waals surface area contributed by atoms with Crippen LogP contribution in [0.2, 0.25) is 0 Å². The summed E-state index contributed by atoms with van der Waals surface area (Å²) in [6.45, 7) is 4.97. The van der Waals surface area contributed by atoms with E-state index in [1.54, 1.807) is 0 Å². The van der Waals surface area contributed by atoms with Gasteiger partial charge in [-0.1, -0.05) is 65.3 Å². The number of alkyl halides is 1. The monoisotopic (exact) mass is 283 g/mol. The van der Waals surface area contributed by atoms with Crippen molar-refractivity contribution in [3.63, 3.8) is 0 Å². The lowest BCUT2D eigenvalue weighted by atomic mass is 10.0. The summed E-state index contributed by atoms with van der Waals surface area (Å²) in [6.07, 6.45) is 0.937. The Labute approximate surface area is 106 Å². The van der Waals surface area contributed by atoms with Crippen LogP contribution in [0.3, 0.4) is 0 Å². The van der Waals surface area contributed by atoms with Crippen molar-refractivity contribution in [2.24, 2.45) is 11.1 Å². The predicted octanol–water partition coefficient (Wildman–Crippen LogP) is 3.85. The molecule has 0 heterocycles. The summed E-state index contributed by atoms with van der Waals surface area (Å²) in [5, 5.41) is 5.02. The van der Waals surface area contributed by atoms with Gasteiger partial charge in [0.1, 0.15) is 6.61 Å². The van der Waals surface area contributed by atoms with Crippen molar-refractivity contribution in [3.8, 4) is 0 Å². The van der Waals surface area contributed by atoms with Crippen molar-refractivity contribution in [2.75, 3.05) is 11.9 Å². The number of halogens is 1. The van der Waals surface area contributed by atoms with Crippen LogP contribution in [-0.4, -0.2) is 17.6 Å². The van der Waals surface area contributed by atoms with Gasteiger partial charge >= 0.3 is 0 Å². The number of oxime groups is 1. The first-order chi connectivity index (χ1) is 7.74. The minimum absolute atomic E-state index is 0.575. The Morgan fingerprint density at radius 3 is 2.56 bits per heavy atom. The van der Waals surface area contributed by atoms with Crippen LogP contribution in [0.4, 0.5) is 0 Å². The van der Waals surface area contributed by atoms with Crippen LogP contribution >= 0.6 is 15.9 Å². The maximum absolute atomic E-state index is 5.24. The lowest BCUT2D eigenvalue weighted by Crippen LogP contribution is -2.06. The molecule has 0 radical (unpaired) electrons. The quantitative estimate of drug-likeness (QED) is 0.336. The number of rotatable bonds is 6. The second-order valence-electron chi connectivity index (χ2n) is 4.02. The van der Waals surface area contributed by atoms with Crippen molar-refractivity contribution in [1.82, 2.24) is 0 Å². The highest BCUT2D eigenvalue weighted by Crippen LogP contribution is 2.10. The molecule has 1 aromatic rings. The van der Waals surface area contributed by atoms with Gasteiger partial charge in [0.2, 0.25) is 0 Å². The van der Waals surface area contributed by atoms with Gasteiger partial charge in [0, 0.05) is 5.33 Å². The van der Waals surface area contributed by atoms with Crippen molar-refractivity contribution in [2.45, 2.75) is 20.3 Å². The molecule has 0 fully saturated rings. The van der Waals surface area contributed by atoms with Crippen molar-refractivity contribution in [1.29, 1.82) is 0 Å². The van der Waals surface area contributed by atoms with Crippen molar-refractivity contribution in [3.05, 3.63) is 35.9 Å². The first kappa shape index (κ1) is 13.2. The lowest BCUT2D eigenvalue weighted by molar-refractivity contribution is 0.161. The average molecular weight is 284 g/mol. The molecule has 1 rings (SSSR count). The maximum Gasteiger partial charge on any atom is 0.126 e. The molecule has 3 heteroatoms. The molecule has 0 N–H and O–H groups in total. The van der Waals surface area contributed by atoms with Crippen molar-refractivity contribution < 1.29 is 4.84 Å². The van der Waals surface area contributed by atoms with E-state index in [2.05, 4.69) is 47.1 Å². The van der Waals surface area contributed by atoms with Gasteiger partial charge < -0.3 is 4.84 Å². The van der Waals surface area contributed by atoms with Gasteiger partial charge in [-0.05, 0) is 17.9 Å². The molecule has 2 nitrogen and oxygen atoms in total.